The summed E-state index contributed by atoms with van der Waals surface area (Å²) in [5.41, 5.74) is 0. The number of thiocarbonyl (C=S) groups is 1. The van der Waals surface area contributed by atoms with Crippen molar-refractivity contribution >= 4 is 27.2 Å². The Morgan fingerprint density at radius 1 is 1.54 bits per heavy atom. The van der Waals surface area contributed by atoms with Crippen LogP contribution in [0.15, 0.2) is 0 Å². The minimum Gasteiger partial charge on any atom is -0.363 e. The van der Waals surface area contributed by atoms with E-state index in [1.165, 1.54) is 6.26 Å². The lowest BCUT2D eigenvalue weighted by atomic mass is 10.6. The number of rotatable bonds is 4. The Morgan fingerprint density at radius 2 is 2.08 bits per heavy atom. The summed E-state index contributed by atoms with van der Waals surface area (Å²) in [6.45, 7) is 3.13. The summed E-state index contributed by atoms with van der Waals surface area (Å²) in [4.78, 5) is 1.72. The zero-order valence-electron chi connectivity index (χ0n) is 8.20. The fourth-order valence-corrected chi connectivity index (χ4v) is 1.53. The van der Waals surface area contributed by atoms with Crippen molar-refractivity contribution < 1.29 is 8.42 Å². The zero-order chi connectivity index (χ0) is 10.5. The lowest BCUT2D eigenvalue weighted by molar-refractivity contribution is 0.517. The van der Waals surface area contributed by atoms with Gasteiger partial charge in [0.1, 0.15) is 9.84 Å². The van der Waals surface area contributed by atoms with Crippen LogP contribution in [0.25, 0.3) is 0 Å². The molecule has 13 heavy (non-hydrogen) atoms. The molecule has 0 aliphatic rings. The van der Waals surface area contributed by atoms with Crippen molar-refractivity contribution in [1.82, 2.24) is 10.2 Å². The van der Waals surface area contributed by atoms with Gasteiger partial charge in [-0.2, -0.15) is 0 Å². The van der Waals surface area contributed by atoms with Crippen LogP contribution in [-0.4, -0.2) is 50.6 Å². The highest BCUT2D eigenvalue weighted by Gasteiger charge is 2.07. The smallest absolute Gasteiger partial charge is 0.168 e. The van der Waals surface area contributed by atoms with Gasteiger partial charge in [0.15, 0.2) is 5.11 Å². The number of hydrogen-bond donors (Lipinski definition) is 1. The topological polar surface area (TPSA) is 49.4 Å². The van der Waals surface area contributed by atoms with Gasteiger partial charge >= 0.3 is 0 Å². The van der Waals surface area contributed by atoms with E-state index in [0.717, 1.165) is 6.54 Å². The molecule has 0 fully saturated rings. The highest BCUT2D eigenvalue weighted by molar-refractivity contribution is 7.90. The maximum absolute atomic E-state index is 10.8. The third-order valence-electron chi connectivity index (χ3n) is 1.47. The highest BCUT2D eigenvalue weighted by Crippen LogP contribution is 1.89. The molecule has 0 amide bonds. The van der Waals surface area contributed by atoms with E-state index >= 15 is 0 Å². The summed E-state index contributed by atoms with van der Waals surface area (Å²) in [5, 5.41) is 3.53. The lowest BCUT2D eigenvalue weighted by Gasteiger charge is -2.19. The molecular weight excluding hydrogens is 208 g/mol. The maximum atomic E-state index is 10.8. The summed E-state index contributed by atoms with van der Waals surface area (Å²) in [5.74, 6) is 0.134. The predicted molar refractivity (Wildman–Crippen MR) is 58.6 cm³/mol. The minimum absolute atomic E-state index is 0.134. The Morgan fingerprint density at radius 3 is 2.46 bits per heavy atom. The van der Waals surface area contributed by atoms with Crippen LogP contribution in [0.4, 0.5) is 0 Å². The first kappa shape index (κ1) is 12.6. The molecule has 1 N–H and O–H groups in total. The van der Waals surface area contributed by atoms with Crippen LogP contribution < -0.4 is 5.32 Å². The van der Waals surface area contributed by atoms with Gasteiger partial charge < -0.3 is 10.2 Å². The molecule has 0 heterocycles. The van der Waals surface area contributed by atoms with Crippen molar-refractivity contribution in [1.29, 1.82) is 0 Å². The van der Waals surface area contributed by atoms with Gasteiger partial charge in [0.2, 0.25) is 0 Å². The summed E-state index contributed by atoms with van der Waals surface area (Å²) < 4.78 is 21.7. The molecule has 0 spiro atoms. The molecule has 0 saturated heterocycles. The quantitative estimate of drug-likeness (QED) is 0.674. The minimum atomic E-state index is -2.90. The molecule has 0 unspecified atom stereocenters. The van der Waals surface area contributed by atoms with E-state index in [9.17, 15) is 8.42 Å². The number of sulfone groups is 1. The van der Waals surface area contributed by atoms with Crippen molar-refractivity contribution in [3.05, 3.63) is 0 Å². The van der Waals surface area contributed by atoms with E-state index in [2.05, 4.69) is 5.32 Å². The van der Waals surface area contributed by atoms with Crippen LogP contribution in [0.5, 0.6) is 0 Å². The molecule has 0 aliphatic carbocycles. The Labute approximate surface area is 85.2 Å². The van der Waals surface area contributed by atoms with Gasteiger partial charge in [-0.25, -0.2) is 8.42 Å². The molecule has 0 saturated carbocycles. The second-order valence-corrected chi connectivity index (χ2v) is 5.53. The van der Waals surface area contributed by atoms with Crippen molar-refractivity contribution in [2.24, 2.45) is 0 Å². The van der Waals surface area contributed by atoms with Crippen molar-refractivity contribution in [3.8, 4) is 0 Å². The predicted octanol–water partition coefficient (Wildman–Crippen LogP) is -0.143. The first-order valence-electron chi connectivity index (χ1n) is 4.03. The molecule has 6 heteroatoms. The summed E-state index contributed by atoms with van der Waals surface area (Å²) in [6.07, 6.45) is 1.22. The summed E-state index contributed by atoms with van der Waals surface area (Å²) >= 11 is 4.98. The van der Waals surface area contributed by atoms with Crippen LogP contribution >= 0.6 is 12.2 Å². The first-order chi connectivity index (χ1) is 5.87. The van der Waals surface area contributed by atoms with Crippen LogP contribution in [0, 0.1) is 0 Å². The molecule has 0 radical (unpaired) electrons. The zero-order valence-corrected chi connectivity index (χ0v) is 9.83. The van der Waals surface area contributed by atoms with Gasteiger partial charge in [0.25, 0.3) is 0 Å². The van der Waals surface area contributed by atoms with E-state index in [-0.39, 0.29) is 5.75 Å². The molecule has 0 rings (SSSR count). The van der Waals surface area contributed by atoms with E-state index in [4.69, 9.17) is 12.2 Å². The SMILES string of the molecule is CCNC(=S)N(C)CCS(C)(=O)=O. The van der Waals surface area contributed by atoms with Gasteiger partial charge in [0, 0.05) is 26.4 Å². The Hall–Kier alpha value is -0.360. The molecule has 0 bridgehead atoms. The Balaban J connectivity index is 3.88. The van der Waals surface area contributed by atoms with E-state index < -0.39 is 9.84 Å². The van der Waals surface area contributed by atoms with Gasteiger partial charge in [-0.05, 0) is 19.1 Å². The second kappa shape index (κ2) is 5.39. The third-order valence-corrected chi connectivity index (χ3v) is 2.85. The summed E-state index contributed by atoms with van der Waals surface area (Å²) in [6, 6.07) is 0. The molecule has 0 aromatic carbocycles. The van der Waals surface area contributed by atoms with Gasteiger partial charge in [0.05, 0.1) is 5.75 Å². The van der Waals surface area contributed by atoms with Gasteiger partial charge in [-0.3, -0.25) is 0 Å². The average molecular weight is 224 g/mol. The molecule has 78 valence electrons. The number of nitrogens with one attached hydrogen (secondary N) is 1. The molecule has 0 aliphatic heterocycles. The molecule has 0 aromatic heterocycles. The van der Waals surface area contributed by atoms with Crippen molar-refractivity contribution in [2.45, 2.75) is 6.92 Å². The van der Waals surface area contributed by atoms with Crippen LogP contribution in [0.3, 0.4) is 0 Å². The van der Waals surface area contributed by atoms with Crippen molar-refractivity contribution in [3.63, 3.8) is 0 Å². The molecular formula is C7H16N2O2S2. The Bertz CT molecular complexity index is 262. The lowest BCUT2D eigenvalue weighted by Crippen LogP contribution is -2.39. The monoisotopic (exact) mass is 224 g/mol. The molecule has 4 nitrogen and oxygen atoms in total. The number of nitrogens with zero attached hydrogens (tertiary/aromatic N) is 1. The normalized spacial score (nSPS) is 11.0. The van der Waals surface area contributed by atoms with Crippen molar-refractivity contribution in [2.75, 3.05) is 32.1 Å². The van der Waals surface area contributed by atoms with E-state index in [1.807, 2.05) is 6.92 Å². The standard InChI is InChI=1S/C7H16N2O2S2/c1-4-8-7(12)9(2)5-6-13(3,10)11/h4-6H2,1-3H3,(H,8,12). The van der Waals surface area contributed by atoms with Gasteiger partial charge in [-0.1, -0.05) is 0 Å². The van der Waals surface area contributed by atoms with Crippen LogP contribution in [0.2, 0.25) is 0 Å². The van der Waals surface area contributed by atoms with E-state index in [1.54, 1.807) is 11.9 Å². The van der Waals surface area contributed by atoms with Gasteiger partial charge in [-0.15, -0.1) is 0 Å². The summed E-state index contributed by atoms with van der Waals surface area (Å²) in [7, 11) is -1.12. The first-order valence-corrected chi connectivity index (χ1v) is 6.50. The second-order valence-electron chi connectivity index (χ2n) is 2.89. The fourth-order valence-electron chi connectivity index (χ4n) is 0.690. The van der Waals surface area contributed by atoms with Crippen LogP contribution in [-0.2, 0) is 9.84 Å². The fraction of sp³-hybridized carbons (Fsp3) is 0.857. The van der Waals surface area contributed by atoms with Crippen LogP contribution in [0.1, 0.15) is 6.92 Å². The Kier molecular flexibility index (Phi) is 5.24. The van der Waals surface area contributed by atoms with E-state index in [0.29, 0.717) is 11.7 Å². The molecule has 0 atom stereocenters. The number of hydrogen-bond acceptors (Lipinski definition) is 3. The molecule has 0 aromatic rings. The third kappa shape index (κ3) is 6.77. The highest BCUT2D eigenvalue weighted by atomic mass is 32.2. The largest absolute Gasteiger partial charge is 0.363 e. The average Bonchev–Trinajstić information content (AvgIpc) is 1.99. The maximum Gasteiger partial charge on any atom is 0.168 e.